The molecule has 2 amide bonds. The van der Waals surface area contributed by atoms with Gasteiger partial charge in [-0.1, -0.05) is 44.2 Å². The molecule has 2 aliphatic heterocycles. The third-order valence-electron chi connectivity index (χ3n) is 5.05. The Morgan fingerprint density at radius 3 is 2.75 bits per heavy atom. The molecule has 1 fully saturated rings. The van der Waals surface area contributed by atoms with Gasteiger partial charge in [0.1, 0.15) is 6.54 Å². The zero-order valence-corrected chi connectivity index (χ0v) is 14.7. The minimum atomic E-state index is -0.0668. The lowest BCUT2D eigenvalue weighted by atomic mass is 9.75. The van der Waals surface area contributed by atoms with Gasteiger partial charge in [-0.25, -0.2) is 0 Å². The van der Waals surface area contributed by atoms with Gasteiger partial charge in [-0.05, 0) is 22.6 Å². The Bertz CT molecular complexity index is 797. The van der Waals surface area contributed by atoms with E-state index in [4.69, 9.17) is 0 Å². The van der Waals surface area contributed by atoms with Crippen molar-refractivity contribution in [3.63, 3.8) is 0 Å². The van der Waals surface area contributed by atoms with Crippen LogP contribution in [0.4, 0.5) is 0 Å². The van der Waals surface area contributed by atoms with Crippen LogP contribution in [0.15, 0.2) is 41.8 Å². The molecule has 24 heavy (non-hydrogen) atoms. The molecule has 3 heterocycles. The largest absolute Gasteiger partial charge is 0.331 e. The monoisotopic (exact) mass is 340 g/mol. The molecule has 1 aromatic heterocycles. The normalized spacial score (nSPS) is 22.1. The van der Waals surface area contributed by atoms with Crippen LogP contribution in [0.3, 0.4) is 0 Å². The average Bonchev–Trinajstić information content (AvgIpc) is 3.09. The molecule has 0 bridgehead atoms. The molecule has 4 nitrogen and oxygen atoms in total. The quantitative estimate of drug-likeness (QED) is 0.800. The predicted octanol–water partition coefficient (Wildman–Crippen LogP) is 3.07. The molecule has 1 saturated heterocycles. The van der Waals surface area contributed by atoms with Crippen molar-refractivity contribution in [3.8, 4) is 0 Å². The van der Waals surface area contributed by atoms with Gasteiger partial charge in [-0.15, -0.1) is 11.3 Å². The van der Waals surface area contributed by atoms with Crippen LogP contribution in [0.2, 0.25) is 0 Å². The fraction of sp³-hybridized carbons (Fsp3) is 0.368. The van der Waals surface area contributed by atoms with Crippen LogP contribution in [0.1, 0.15) is 40.7 Å². The number of nitrogens with zero attached hydrogens (tertiary/aromatic N) is 2. The standard InChI is InChI=1S/C19H20N2O2S/c1-19(2)12-21-15(13-6-3-4-7-14(13)19)10-20(11-17(21)22)18(23)16-8-5-9-24-16/h3-9,15H,10-12H2,1-2H3. The molecule has 0 N–H and O–H groups in total. The van der Waals surface area contributed by atoms with E-state index >= 15 is 0 Å². The highest BCUT2D eigenvalue weighted by Crippen LogP contribution is 2.41. The molecule has 0 spiro atoms. The highest BCUT2D eigenvalue weighted by atomic mass is 32.1. The molecule has 0 aliphatic carbocycles. The third-order valence-corrected chi connectivity index (χ3v) is 5.91. The SMILES string of the molecule is CC1(C)CN2C(=O)CN(C(=O)c3cccs3)CC2c2ccccc21. The summed E-state index contributed by atoms with van der Waals surface area (Å²) in [6.45, 7) is 5.80. The van der Waals surface area contributed by atoms with Crippen molar-refractivity contribution < 1.29 is 9.59 Å². The summed E-state index contributed by atoms with van der Waals surface area (Å²) in [5.41, 5.74) is 2.39. The first-order valence-electron chi connectivity index (χ1n) is 8.19. The second-order valence-corrected chi connectivity index (χ2v) is 8.12. The van der Waals surface area contributed by atoms with E-state index in [1.165, 1.54) is 22.5 Å². The number of thiophene rings is 1. The second kappa shape index (κ2) is 5.45. The lowest BCUT2D eigenvalue weighted by Gasteiger charge is -2.49. The van der Waals surface area contributed by atoms with Gasteiger partial charge in [0, 0.05) is 18.5 Å². The Morgan fingerprint density at radius 2 is 2.00 bits per heavy atom. The summed E-state index contributed by atoms with van der Waals surface area (Å²) >= 11 is 1.42. The third kappa shape index (κ3) is 2.35. The Kier molecular flexibility index (Phi) is 3.49. The first-order chi connectivity index (χ1) is 11.5. The highest BCUT2D eigenvalue weighted by Gasteiger charge is 2.44. The minimum absolute atomic E-state index is 0.0405. The molecule has 124 valence electrons. The zero-order chi connectivity index (χ0) is 16.9. The number of hydrogen-bond donors (Lipinski definition) is 0. The van der Waals surface area contributed by atoms with E-state index in [0.717, 1.165) is 0 Å². The smallest absolute Gasteiger partial charge is 0.264 e. The van der Waals surface area contributed by atoms with Gasteiger partial charge < -0.3 is 9.80 Å². The molecule has 2 aromatic rings. The molecule has 4 rings (SSSR count). The van der Waals surface area contributed by atoms with Crippen LogP contribution in [0, 0.1) is 0 Å². The van der Waals surface area contributed by atoms with Gasteiger partial charge in [0.05, 0.1) is 10.9 Å². The van der Waals surface area contributed by atoms with Crippen molar-refractivity contribution in [1.82, 2.24) is 9.80 Å². The van der Waals surface area contributed by atoms with Crippen molar-refractivity contribution in [2.24, 2.45) is 0 Å². The van der Waals surface area contributed by atoms with E-state index in [0.29, 0.717) is 18.0 Å². The summed E-state index contributed by atoms with van der Waals surface area (Å²) in [6.07, 6.45) is 0. The molecular formula is C19H20N2O2S. The van der Waals surface area contributed by atoms with E-state index in [-0.39, 0.29) is 29.8 Å². The fourth-order valence-electron chi connectivity index (χ4n) is 3.89. The van der Waals surface area contributed by atoms with Gasteiger partial charge >= 0.3 is 0 Å². The summed E-state index contributed by atoms with van der Waals surface area (Å²) in [7, 11) is 0. The zero-order valence-electron chi connectivity index (χ0n) is 13.9. The topological polar surface area (TPSA) is 40.6 Å². The van der Waals surface area contributed by atoms with E-state index < -0.39 is 0 Å². The number of carbonyl (C=O) groups excluding carboxylic acids is 2. The Morgan fingerprint density at radius 1 is 1.21 bits per heavy atom. The van der Waals surface area contributed by atoms with Crippen molar-refractivity contribution in [2.45, 2.75) is 25.3 Å². The van der Waals surface area contributed by atoms with E-state index in [2.05, 4.69) is 32.0 Å². The molecule has 5 heteroatoms. The summed E-state index contributed by atoms with van der Waals surface area (Å²) in [5, 5.41) is 1.89. The number of fused-ring (bicyclic) bond motifs is 3. The number of piperazine rings is 1. The van der Waals surface area contributed by atoms with Gasteiger partial charge in [0.2, 0.25) is 5.91 Å². The Labute approximate surface area is 145 Å². The van der Waals surface area contributed by atoms with Crippen LogP contribution < -0.4 is 0 Å². The van der Waals surface area contributed by atoms with Gasteiger partial charge in [-0.2, -0.15) is 0 Å². The summed E-state index contributed by atoms with van der Waals surface area (Å²) in [6, 6.07) is 12.0. The average molecular weight is 340 g/mol. The fourth-order valence-corrected chi connectivity index (χ4v) is 4.58. The van der Waals surface area contributed by atoms with E-state index in [1.54, 1.807) is 4.90 Å². The number of benzene rings is 1. The van der Waals surface area contributed by atoms with Gasteiger partial charge in [0.25, 0.3) is 5.91 Å². The first kappa shape index (κ1) is 15.4. The lowest BCUT2D eigenvalue weighted by molar-refractivity contribution is -0.140. The number of carbonyl (C=O) groups is 2. The molecule has 2 aliphatic rings. The molecular weight excluding hydrogens is 320 g/mol. The summed E-state index contributed by atoms with van der Waals surface area (Å²) in [4.78, 5) is 29.8. The Hall–Kier alpha value is -2.14. The molecule has 0 radical (unpaired) electrons. The van der Waals surface area contributed by atoms with Crippen LogP contribution in [-0.2, 0) is 10.2 Å². The summed E-state index contributed by atoms with van der Waals surface area (Å²) in [5.74, 6) is -0.000881. The van der Waals surface area contributed by atoms with Gasteiger partial charge in [-0.3, -0.25) is 9.59 Å². The predicted molar refractivity (Wildman–Crippen MR) is 94.1 cm³/mol. The number of rotatable bonds is 1. The maximum Gasteiger partial charge on any atom is 0.264 e. The highest BCUT2D eigenvalue weighted by molar-refractivity contribution is 7.12. The summed E-state index contributed by atoms with van der Waals surface area (Å²) < 4.78 is 0. The van der Waals surface area contributed by atoms with Crippen LogP contribution in [0.5, 0.6) is 0 Å². The van der Waals surface area contributed by atoms with Crippen molar-refractivity contribution in [3.05, 3.63) is 57.8 Å². The van der Waals surface area contributed by atoms with Crippen molar-refractivity contribution in [2.75, 3.05) is 19.6 Å². The van der Waals surface area contributed by atoms with Crippen molar-refractivity contribution in [1.29, 1.82) is 0 Å². The number of hydrogen-bond acceptors (Lipinski definition) is 3. The number of amides is 2. The molecule has 1 aromatic carbocycles. The van der Waals surface area contributed by atoms with Gasteiger partial charge in [0.15, 0.2) is 0 Å². The van der Waals surface area contributed by atoms with E-state index in [9.17, 15) is 9.59 Å². The molecule has 0 saturated carbocycles. The minimum Gasteiger partial charge on any atom is -0.331 e. The maximum absolute atomic E-state index is 12.7. The molecule has 1 atom stereocenters. The van der Waals surface area contributed by atoms with Crippen LogP contribution in [0.25, 0.3) is 0 Å². The van der Waals surface area contributed by atoms with Crippen LogP contribution >= 0.6 is 11.3 Å². The maximum atomic E-state index is 12.7. The molecule has 1 unspecified atom stereocenters. The second-order valence-electron chi connectivity index (χ2n) is 7.17. The lowest BCUT2D eigenvalue weighted by Crippen LogP contribution is -2.58. The Balaban J connectivity index is 1.71. The van der Waals surface area contributed by atoms with Crippen LogP contribution in [-0.4, -0.2) is 41.2 Å². The van der Waals surface area contributed by atoms with Crippen molar-refractivity contribution >= 4 is 23.2 Å². The van der Waals surface area contributed by atoms with E-state index in [1.807, 2.05) is 28.5 Å². The first-order valence-corrected chi connectivity index (χ1v) is 9.07.